The second-order valence-electron chi connectivity index (χ2n) is 6.59. The normalized spacial score (nSPS) is 12.0. The number of aryl methyl sites for hydroxylation is 1. The molecule has 0 aliphatic heterocycles. The van der Waals surface area contributed by atoms with Crippen LogP contribution in [0.4, 0.5) is 10.2 Å². The zero-order valence-electron chi connectivity index (χ0n) is 15.9. The molecule has 0 saturated heterocycles. The number of hydrogen-bond acceptors (Lipinski definition) is 4. The summed E-state index contributed by atoms with van der Waals surface area (Å²) in [5, 5.41) is 8.87. The summed E-state index contributed by atoms with van der Waals surface area (Å²) in [6.07, 6.45) is 2.07. The van der Waals surface area contributed by atoms with Gasteiger partial charge in [-0.05, 0) is 36.5 Å². The van der Waals surface area contributed by atoms with E-state index in [1.807, 2.05) is 0 Å². The van der Waals surface area contributed by atoms with E-state index in [1.165, 1.54) is 12.1 Å². The SMILES string of the molecule is CCC(CC)C(CC(=O)NCC(=O)Nc1cc(C)on1)c1ccc(F)cc1. The quantitative estimate of drug-likeness (QED) is 0.698. The first kappa shape index (κ1) is 20.6. The Morgan fingerprint density at radius 1 is 1.15 bits per heavy atom. The molecule has 0 radical (unpaired) electrons. The molecular weight excluding hydrogens is 349 g/mol. The van der Waals surface area contributed by atoms with E-state index in [0.717, 1.165) is 18.4 Å². The molecule has 2 rings (SSSR count). The third-order valence-corrected chi connectivity index (χ3v) is 4.66. The maximum absolute atomic E-state index is 13.2. The highest BCUT2D eigenvalue weighted by Gasteiger charge is 2.23. The molecule has 1 heterocycles. The molecule has 0 aliphatic rings. The second kappa shape index (κ2) is 9.85. The number of hydrogen-bond donors (Lipinski definition) is 2. The van der Waals surface area contributed by atoms with Gasteiger partial charge in [0.05, 0.1) is 6.54 Å². The van der Waals surface area contributed by atoms with Gasteiger partial charge < -0.3 is 15.2 Å². The summed E-state index contributed by atoms with van der Waals surface area (Å²) in [6, 6.07) is 7.87. The average molecular weight is 375 g/mol. The number of nitrogens with zero attached hydrogens (tertiary/aromatic N) is 1. The van der Waals surface area contributed by atoms with Gasteiger partial charge in [-0.15, -0.1) is 0 Å². The van der Waals surface area contributed by atoms with Crippen LogP contribution in [0.25, 0.3) is 0 Å². The van der Waals surface area contributed by atoms with E-state index in [4.69, 9.17) is 4.52 Å². The van der Waals surface area contributed by atoms with E-state index in [0.29, 0.717) is 17.5 Å². The van der Waals surface area contributed by atoms with Crippen molar-refractivity contribution in [2.75, 3.05) is 11.9 Å². The topological polar surface area (TPSA) is 84.2 Å². The van der Waals surface area contributed by atoms with Crippen molar-refractivity contribution in [3.8, 4) is 0 Å². The Labute approximate surface area is 158 Å². The number of aromatic nitrogens is 1. The third kappa shape index (κ3) is 6.20. The van der Waals surface area contributed by atoms with Crippen LogP contribution in [0.15, 0.2) is 34.9 Å². The summed E-state index contributed by atoms with van der Waals surface area (Å²) in [5.41, 5.74) is 0.933. The molecule has 0 aliphatic carbocycles. The predicted molar refractivity (Wildman–Crippen MR) is 101 cm³/mol. The molecule has 0 spiro atoms. The number of anilines is 1. The monoisotopic (exact) mass is 375 g/mol. The summed E-state index contributed by atoms with van der Waals surface area (Å²) < 4.78 is 18.1. The molecule has 2 aromatic rings. The van der Waals surface area contributed by atoms with Crippen LogP contribution in [0.5, 0.6) is 0 Å². The van der Waals surface area contributed by atoms with E-state index in [9.17, 15) is 14.0 Å². The molecule has 6 nitrogen and oxygen atoms in total. The van der Waals surface area contributed by atoms with Crippen molar-refractivity contribution in [2.24, 2.45) is 5.92 Å². The van der Waals surface area contributed by atoms with Crippen molar-refractivity contribution >= 4 is 17.6 Å². The Balaban J connectivity index is 1.94. The molecule has 146 valence electrons. The van der Waals surface area contributed by atoms with Gasteiger partial charge in [0.2, 0.25) is 11.8 Å². The summed E-state index contributed by atoms with van der Waals surface area (Å²) >= 11 is 0. The molecule has 27 heavy (non-hydrogen) atoms. The zero-order valence-corrected chi connectivity index (χ0v) is 15.9. The molecule has 1 unspecified atom stereocenters. The number of nitrogens with one attached hydrogen (secondary N) is 2. The number of halogens is 1. The molecule has 0 bridgehead atoms. The molecule has 1 aromatic carbocycles. The highest BCUT2D eigenvalue weighted by atomic mass is 19.1. The van der Waals surface area contributed by atoms with Crippen LogP contribution in [0.2, 0.25) is 0 Å². The van der Waals surface area contributed by atoms with Crippen LogP contribution in [0, 0.1) is 18.7 Å². The summed E-state index contributed by atoms with van der Waals surface area (Å²) in [5.74, 6) is 0.274. The maximum atomic E-state index is 13.2. The highest BCUT2D eigenvalue weighted by Crippen LogP contribution is 2.32. The van der Waals surface area contributed by atoms with Gasteiger partial charge in [0.1, 0.15) is 11.6 Å². The molecule has 1 aromatic heterocycles. The van der Waals surface area contributed by atoms with Crippen LogP contribution >= 0.6 is 0 Å². The van der Waals surface area contributed by atoms with Crippen molar-refractivity contribution in [3.63, 3.8) is 0 Å². The minimum Gasteiger partial charge on any atom is -0.360 e. The Morgan fingerprint density at radius 2 is 1.81 bits per heavy atom. The van der Waals surface area contributed by atoms with E-state index >= 15 is 0 Å². The van der Waals surface area contributed by atoms with Gasteiger partial charge in [0.15, 0.2) is 5.82 Å². The fourth-order valence-corrected chi connectivity index (χ4v) is 3.19. The fraction of sp³-hybridized carbons (Fsp3) is 0.450. The van der Waals surface area contributed by atoms with Gasteiger partial charge in [-0.25, -0.2) is 4.39 Å². The van der Waals surface area contributed by atoms with Crippen molar-refractivity contribution in [1.82, 2.24) is 10.5 Å². The molecule has 1 atom stereocenters. The van der Waals surface area contributed by atoms with Crippen LogP contribution < -0.4 is 10.6 Å². The molecule has 2 N–H and O–H groups in total. The van der Waals surface area contributed by atoms with Crippen molar-refractivity contribution in [3.05, 3.63) is 47.5 Å². The summed E-state index contributed by atoms with van der Waals surface area (Å²) in [7, 11) is 0. The smallest absolute Gasteiger partial charge is 0.245 e. The Hall–Kier alpha value is -2.70. The van der Waals surface area contributed by atoms with Gasteiger partial charge in [-0.2, -0.15) is 0 Å². The fourth-order valence-electron chi connectivity index (χ4n) is 3.19. The lowest BCUT2D eigenvalue weighted by Gasteiger charge is -2.25. The number of benzene rings is 1. The lowest BCUT2D eigenvalue weighted by atomic mass is 9.80. The third-order valence-electron chi connectivity index (χ3n) is 4.66. The minimum atomic E-state index is -0.377. The summed E-state index contributed by atoms with van der Waals surface area (Å²) in [6.45, 7) is 5.73. The lowest BCUT2D eigenvalue weighted by Crippen LogP contribution is -2.34. The van der Waals surface area contributed by atoms with Crippen LogP contribution in [-0.2, 0) is 9.59 Å². The Morgan fingerprint density at radius 3 is 2.37 bits per heavy atom. The number of amides is 2. The molecular formula is C20H26FN3O3. The van der Waals surface area contributed by atoms with Crippen molar-refractivity contribution in [2.45, 2.75) is 46.0 Å². The molecule has 0 saturated carbocycles. The average Bonchev–Trinajstić information content (AvgIpc) is 3.05. The molecule has 2 amide bonds. The number of rotatable bonds is 9. The van der Waals surface area contributed by atoms with Gasteiger partial charge >= 0.3 is 0 Å². The Kier molecular flexibility index (Phi) is 7.52. The Bertz CT molecular complexity index is 754. The first-order valence-corrected chi connectivity index (χ1v) is 9.18. The molecule has 7 heteroatoms. The number of carbonyl (C=O) groups excluding carboxylic acids is 2. The first-order valence-electron chi connectivity index (χ1n) is 9.18. The highest BCUT2D eigenvalue weighted by molar-refractivity contribution is 5.93. The van der Waals surface area contributed by atoms with Crippen LogP contribution in [0.3, 0.4) is 0 Å². The second-order valence-corrected chi connectivity index (χ2v) is 6.59. The van der Waals surface area contributed by atoms with E-state index in [-0.39, 0.29) is 36.5 Å². The minimum absolute atomic E-state index is 0.0261. The van der Waals surface area contributed by atoms with E-state index in [1.54, 1.807) is 25.1 Å². The van der Waals surface area contributed by atoms with Crippen LogP contribution in [-0.4, -0.2) is 23.5 Å². The molecule has 0 fully saturated rings. The zero-order chi connectivity index (χ0) is 19.8. The first-order chi connectivity index (χ1) is 12.9. The van der Waals surface area contributed by atoms with Gasteiger partial charge in [0.25, 0.3) is 0 Å². The largest absolute Gasteiger partial charge is 0.360 e. The van der Waals surface area contributed by atoms with Gasteiger partial charge in [-0.1, -0.05) is 44.0 Å². The van der Waals surface area contributed by atoms with Gasteiger partial charge in [-0.3, -0.25) is 9.59 Å². The van der Waals surface area contributed by atoms with E-state index in [2.05, 4.69) is 29.6 Å². The van der Waals surface area contributed by atoms with Crippen LogP contribution in [0.1, 0.15) is 50.4 Å². The van der Waals surface area contributed by atoms with Crippen molar-refractivity contribution < 1.29 is 18.5 Å². The van der Waals surface area contributed by atoms with Gasteiger partial charge in [0, 0.05) is 12.5 Å². The predicted octanol–water partition coefficient (Wildman–Crippen LogP) is 3.79. The maximum Gasteiger partial charge on any atom is 0.245 e. The standard InChI is InChI=1S/C20H26FN3O3/c1-4-14(5-2)17(15-6-8-16(21)9-7-15)11-19(25)22-12-20(26)23-18-10-13(3)27-24-18/h6-10,14,17H,4-5,11-12H2,1-3H3,(H,22,25)(H,23,24,26). The lowest BCUT2D eigenvalue weighted by molar-refractivity contribution is -0.124. The van der Waals surface area contributed by atoms with E-state index < -0.39 is 0 Å². The van der Waals surface area contributed by atoms with Crippen molar-refractivity contribution in [1.29, 1.82) is 0 Å². The number of carbonyl (C=O) groups is 2. The summed E-state index contributed by atoms with van der Waals surface area (Å²) in [4.78, 5) is 24.3.